The van der Waals surface area contributed by atoms with Gasteiger partial charge in [0.1, 0.15) is 0 Å². The van der Waals surface area contributed by atoms with Crippen LogP contribution < -0.4 is 10.6 Å². The Labute approximate surface area is 86.6 Å². The molecule has 14 heavy (non-hydrogen) atoms. The van der Waals surface area contributed by atoms with Crippen LogP contribution in [0.25, 0.3) is 0 Å². The zero-order valence-electron chi connectivity index (χ0n) is 8.93. The molecule has 1 atom stereocenters. The SMILES string of the molecule is C1COCC(NCC2CCNCC2)C1. The Morgan fingerprint density at radius 1 is 1.21 bits per heavy atom. The lowest BCUT2D eigenvalue weighted by molar-refractivity contribution is 0.0685. The van der Waals surface area contributed by atoms with E-state index in [4.69, 9.17) is 4.74 Å². The first-order valence-electron chi connectivity index (χ1n) is 5.97. The summed E-state index contributed by atoms with van der Waals surface area (Å²) in [5.41, 5.74) is 0. The molecule has 0 spiro atoms. The Kier molecular flexibility index (Phi) is 4.22. The highest BCUT2D eigenvalue weighted by Crippen LogP contribution is 2.12. The molecule has 0 aromatic carbocycles. The molecule has 2 aliphatic rings. The van der Waals surface area contributed by atoms with E-state index < -0.39 is 0 Å². The molecule has 2 aliphatic heterocycles. The monoisotopic (exact) mass is 198 g/mol. The topological polar surface area (TPSA) is 33.3 Å². The Morgan fingerprint density at radius 3 is 2.79 bits per heavy atom. The molecule has 0 radical (unpaired) electrons. The molecule has 2 saturated heterocycles. The van der Waals surface area contributed by atoms with Gasteiger partial charge in [-0.1, -0.05) is 0 Å². The van der Waals surface area contributed by atoms with Crippen molar-refractivity contribution >= 4 is 0 Å². The van der Waals surface area contributed by atoms with E-state index >= 15 is 0 Å². The minimum absolute atomic E-state index is 0.624. The molecule has 2 rings (SSSR count). The third-order valence-electron chi connectivity index (χ3n) is 3.31. The first-order chi connectivity index (χ1) is 6.95. The summed E-state index contributed by atoms with van der Waals surface area (Å²) in [4.78, 5) is 0. The summed E-state index contributed by atoms with van der Waals surface area (Å²) in [5.74, 6) is 0.887. The third kappa shape index (κ3) is 3.23. The van der Waals surface area contributed by atoms with E-state index in [2.05, 4.69) is 10.6 Å². The van der Waals surface area contributed by atoms with Gasteiger partial charge in [0.05, 0.1) is 6.61 Å². The molecular weight excluding hydrogens is 176 g/mol. The van der Waals surface area contributed by atoms with Crippen molar-refractivity contribution in [3.63, 3.8) is 0 Å². The third-order valence-corrected chi connectivity index (χ3v) is 3.31. The van der Waals surface area contributed by atoms with Crippen LogP contribution >= 0.6 is 0 Å². The van der Waals surface area contributed by atoms with Crippen LogP contribution in [0.4, 0.5) is 0 Å². The molecule has 0 saturated carbocycles. The zero-order valence-corrected chi connectivity index (χ0v) is 8.93. The van der Waals surface area contributed by atoms with Crippen LogP contribution in [0, 0.1) is 5.92 Å². The summed E-state index contributed by atoms with van der Waals surface area (Å²) in [7, 11) is 0. The van der Waals surface area contributed by atoms with Crippen LogP contribution in [0.5, 0.6) is 0 Å². The molecule has 0 aromatic heterocycles. The van der Waals surface area contributed by atoms with Gasteiger partial charge in [-0.2, -0.15) is 0 Å². The highest BCUT2D eigenvalue weighted by Gasteiger charge is 2.17. The first kappa shape index (κ1) is 10.4. The molecule has 3 heteroatoms. The smallest absolute Gasteiger partial charge is 0.0619 e. The van der Waals surface area contributed by atoms with E-state index in [1.54, 1.807) is 0 Å². The summed E-state index contributed by atoms with van der Waals surface area (Å²) < 4.78 is 5.45. The van der Waals surface area contributed by atoms with Gasteiger partial charge in [-0.15, -0.1) is 0 Å². The van der Waals surface area contributed by atoms with Crippen molar-refractivity contribution in [1.29, 1.82) is 0 Å². The molecule has 1 unspecified atom stereocenters. The zero-order chi connectivity index (χ0) is 9.64. The van der Waals surface area contributed by atoms with Gasteiger partial charge in [-0.25, -0.2) is 0 Å². The summed E-state index contributed by atoms with van der Waals surface area (Å²) >= 11 is 0. The number of nitrogens with one attached hydrogen (secondary N) is 2. The second-order valence-electron chi connectivity index (χ2n) is 4.52. The summed E-state index contributed by atoms with van der Waals surface area (Å²) in [6, 6.07) is 0.624. The second-order valence-corrected chi connectivity index (χ2v) is 4.52. The van der Waals surface area contributed by atoms with Crippen molar-refractivity contribution in [1.82, 2.24) is 10.6 Å². The molecular formula is C11H22N2O. The first-order valence-corrected chi connectivity index (χ1v) is 5.97. The minimum Gasteiger partial charge on any atom is -0.380 e. The quantitative estimate of drug-likeness (QED) is 0.702. The molecule has 0 bridgehead atoms. The maximum atomic E-state index is 5.45. The van der Waals surface area contributed by atoms with E-state index in [-0.39, 0.29) is 0 Å². The fourth-order valence-electron chi connectivity index (χ4n) is 2.32. The van der Waals surface area contributed by atoms with Gasteiger partial charge in [0.15, 0.2) is 0 Å². The van der Waals surface area contributed by atoms with Gasteiger partial charge >= 0.3 is 0 Å². The fraction of sp³-hybridized carbons (Fsp3) is 1.00. The van der Waals surface area contributed by atoms with Crippen LogP contribution in [0.2, 0.25) is 0 Å². The largest absolute Gasteiger partial charge is 0.380 e. The van der Waals surface area contributed by atoms with Gasteiger partial charge in [0.2, 0.25) is 0 Å². The van der Waals surface area contributed by atoms with Crippen molar-refractivity contribution in [3.8, 4) is 0 Å². The molecule has 82 valence electrons. The standard InChI is InChI=1S/C11H22N2O/c1-2-11(9-14-7-1)13-8-10-3-5-12-6-4-10/h10-13H,1-9H2. The van der Waals surface area contributed by atoms with Crippen molar-refractivity contribution in [3.05, 3.63) is 0 Å². The van der Waals surface area contributed by atoms with Crippen molar-refractivity contribution < 1.29 is 4.74 Å². The number of hydrogen-bond acceptors (Lipinski definition) is 3. The molecule has 0 amide bonds. The van der Waals surface area contributed by atoms with E-state index in [1.807, 2.05) is 0 Å². The summed E-state index contributed by atoms with van der Waals surface area (Å²) in [6.07, 6.45) is 5.19. The van der Waals surface area contributed by atoms with Crippen molar-refractivity contribution in [2.75, 3.05) is 32.8 Å². The number of hydrogen-bond donors (Lipinski definition) is 2. The van der Waals surface area contributed by atoms with Crippen LogP contribution in [0.1, 0.15) is 25.7 Å². The Balaban J connectivity index is 1.60. The van der Waals surface area contributed by atoms with Gasteiger partial charge in [0, 0.05) is 12.6 Å². The van der Waals surface area contributed by atoms with Crippen LogP contribution in [0.3, 0.4) is 0 Å². The van der Waals surface area contributed by atoms with Crippen molar-refractivity contribution in [2.24, 2.45) is 5.92 Å². The van der Waals surface area contributed by atoms with Gasteiger partial charge in [0.25, 0.3) is 0 Å². The highest BCUT2D eigenvalue weighted by atomic mass is 16.5. The lowest BCUT2D eigenvalue weighted by atomic mass is 9.97. The van der Waals surface area contributed by atoms with Crippen LogP contribution in [0.15, 0.2) is 0 Å². The molecule has 2 heterocycles. The van der Waals surface area contributed by atoms with Gasteiger partial charge < -0.3 is 15.4 Å². The maximum absolute atomic E-state index is 5.45. The molecule has 3 nitrogen and oxygen atoms in total. The number of piperidine rings is 1. The number of rotatable bonds is 3. The van der Waals surface area contributed by atoms with E-state index in [1.165, 1.54) is 45.3 Å². The second kappa shape index (κ2) is 5.69. The Bertz CT molecular complexity index is 133. The average molecular weight is 198 g/mol. The lowest BCUT2D eigenvalue weighted by Crippen LogP contribution is -2.41. The highest BCUT2D eigenvalue weighted by molar-refractivity contribution is 4.75. The predicted octanol–water partition coefficient (Wildman–Crippen LogP) is 0.755. The summed E-state index contributed by atoms with van der Waals surface area (Å²) in [5, 5.41) is 7.04. The average Bonchev–Trinajstić information content (AvgIpc) is 2.29. The normalized spacial score (nSPS) is 30.4. The van der Waals surface area contributed by atoms with Crippen molar-refractivity contribution in [2.45, 2.75) is 31.7 Å². The lowest BCUT2D eigenvalue weighted by Gasteiger charge is -2.28. The maximum Gasteiger partial charge on any atom is 0.0619 e. The van der Waals surface area contributed by atoms with E-state index in [9.17, 15) is 0 Å². The summed E-state index contributed by atoms with van der Waals surface area (Å²) in [6.45, 7) is 5.48. The van der Waals surface area contributed by atoms with Gasteiger partial charge in [-0.3, -0.25) is 0 Å². The van der Waals surface area contributed by atoms with E-state index in [0.717, 1.165) is 19.1 Å². The van der Waals surface area contributed by atoms with Crippen LogP contribution in [-0.2, 0) is 4.74 Å². The van der Waals surface area contributed by atoms with Gasteiger partial charge in [-0.05, 0) is 51.2 Å². The molecule has 2 fully saturated rings. The fourth-order valence-corrected chi connectivity index (χ4v) is 2.32. The molecule has 0 aliphatic carbocycles. The van der Waals surface area contributed by atoms with Crippen LogP contribution in [-0.4, -0.2) is 38.9 Å². The number of ether oxygens (including phenoxy) is 1. The van der Waals surface area contributed by atoms with E-state index in [0.29, 0.717) is 6.04 Å². The Hall–Kier alpha value is -0.120. The minimum atomic E-state index is 0.624. The predicted molar refractivity (Wildman–Crippen MR) is 57.4 cm³/mol. The molecule has 0 aromatic rings. The Morgan fingerprint density at radius 2 is 2.07 bits per heavy atom. The molecule has 2 N–H and O–H groups in total.